The van der Waals surface area contributed by atoms with Gasteiger partial charge in [-0.2, -0.15) is 16.1 Å². The normalized spacial score (nSPS) is 18.5. The van der Waals surface area contributed by atoms with Gasteiger partial charge in [-0.3, -0.25) is 4.79 Å². The largest absolute Gasteiger partial charge is 0.321 e. The predicted octanol–water partition coefficient (Wildman–Crippen LogP) is 3.38. The smallest absolute Gasteiger partial charge is 0.267 e. The highest BCUT2D eigenvalue weighted by atomic mass is 32.2. The Labute approximate surface area is 186 Å². The van der Waals surface area contributed by atoms with Gasteiger partial charge >= 0.3 is 0 Å². The molecule has 3 heterocycles. The number of thioether (sulfide) groups is 1. The first-order chi connectivity index (χ1) is 14.5. The predicted molar refractivity (Wildman–Crippen MR) is 124 cm³/mol. The summed E-state index contributed by atoms with van der Waals surface area (Å²) < 4.78 is 27.2. The number of sulfonamides is 1. The number of thiophene rings is 1. The Bertz CT molecular complexity index is 961. The molecule has 0 radical (unpaired) electrons. The molecule has 2 fully saturated rings. The molecule has 0 aliphatic carbocycles. The SMILES string of the molecule is O=C(Nc1ccc(CCN2CCSCC2)cc1)c1sccc1S(=O)(=O)N1CCCC1. The van der Waals surface area contributed by atoms with Crippen LogP contribution in [0.4, 0.5) is 5.69 Å². The number of carbonyl (C=O) groups excluding carboxylic acids is 1. The molecule has 1 amide bonds. The van der Waals surface area contributed by atoms with Gasteiger partial charge in [0.2, 0.25) is 10.0 Å². The van der Waals surface area contributed by atoms with Crippen LogP contribution in [0, 0.1) is 0 Å². The van der Waals surface area contributed by atoms with Gasteiger partial charge in [0.25, 0.3) is 5.91 Å². The van der Waals surface area contributed by atoms with Crippen molar-refractivity contribution in [1.29, 1.82) is 0 Å². The van der Waals surface area contributed by atoms with Gasteiger partial charge in [-0.1, -0.05) is 12.1 Å². The number of anilines is 1. The highest BCUT2D eigenvalue weighted by molar-refractivity contribution is 7.99. The summed E-state index contributed by atoms with van der Waals surface area (Å²) in [6.07, 6.45) is 2.73. The van der Waals surface area contributed by atoms with Crippen LogP contribution in [0.5, 0.6) is 0 Å². The summed E-state index contributed by atoms with van der Waals surface area (Å²) in [5.74, 6) is 2.05. The molecule has 0 atom stereocenters. The first kappa shape index (κ1) is 21.8. The molecule has 2 aromatic rings. The van der Waals surface area contributed by atoms with E-state index in [1.165, 1.54) is 27.4 Å². The van der Waals surface area contributed by atoms with Gasteiger partial charge in [-0.15, -0.1) is 11.3 Å². The average molecular weight is 466 g/mol. The molecule has 162 valence electrons. The highest BCUT2D eigenvalue weighted by Crippen LogP contribution is 2.28. The Balaban J connectivity index is 1.38. The zero-order chi connectivity index (χ0) is 21.0. The molecule has 4 rings (SSSR count). The Morgan fingerprint density at radius 3 is 2.40 bits per heavy atom. The number of benzene rings is 1. The lowest BCUT2D eigenvalue weighted by Crippen LogP contribution is -2.34. The van der Waals surface area contributed by atoms with E-state index in [0.717, 1.165) is 50.2 Å². The van der Waals surface area contributed by atoms with Crippen molar-refractivity contribution in [2.75, 3.05) is 49.5 Å². The number of nitrogens with one attached hydrogen (secondary N) is 1. The highest BCUT2D eigenvalue weighted by Gasteiger charge is 2.31. The number of amides is 1. The number of hydrogen-bond acceptors (Lipinski definition) is 6. The molecule has 0 spiro atoms. The van der Waals surface area contributed by atoms with Crippen LogP contribution in [0.1, 0.15) is 28.1 Å². The second-order valence-corrected chi connectivity index (χ2v) is 11.6. The van der Waals surface area contributed by atoms with E-state index in [1.54, 1.807) is 5.38 Å². The first-order valence-corrected chi connectivity index (χ1v) is 13.8. The summed E-state index contributed by atoms with van der Waals surface area (Å²) in [5, 5.41) is 4.52. The molecule has 2 aliphatic heterocycles. The van der Waals surface area contributed by atoms with E-state index in [2.05, 4.69) is 10.2 Å². The van der Waals surface area contributed by atoms with Crippen molar-refractivity contribution in [2.24, 2.45) is 0 Å². The van der Waals surface area contributed by atoms with Gasteiger partial charge in [0.1, 0.15) is 9.77 Å². The molecule has 1 aromatic carbocycles. The first-order valence-electron chi connectivity index (χ1n) is 10.3. The van der Waals surface area contributed by atoms with E-state index in [0.29, 0.717) is 18.8 Å². The maximum absolute atomic E-state index is 12.9. The van der Waals surface area contributed by atoms with Crippen LogP contribution < -0.4 is 5.32 Å². The summed E-state index contributed by atoms with van der Waals surface area (Å²) in [4.78, 5) is 15.6. The van der Waals surface area contributed by atoms with Gasteiger partial charge in [-0.25, -0.2) is 8.42 Å². The summed E-state index contributed by atoms with van der Waals surface area (Å²) in [6.45, 7) is 4.41. The van der Waals surface area contributed by atoms with Gasteiger partial charge < -0.3 is 10.2 Å². The Kier molecular flexibility index (Phi) is 7.15. The van der Waals surface area contributed by atoms with Crippen molar-refractivity contribution >= 4 is 44.7 Å². The van der Waals surface area contributed by atoms with Crippen LogP contribution in [-0.4, -0.2) is 67.8 Å². The molecule has 0 unspecified atom stereocenters. The second kappa shape index (κ2) is 9.82. The fourth-order valence-electron chi connectivity index (χ4n) is 3.79. The third kappa shape index (κ3) is 5.08. The van der Waals surface area contributed by atoms with Crippen molar-refractivity contribution in [1.82, 2.24) is 9.21 Å². The molecular formula is C21H27N3O3S3. The number of hydrogen-bond donors (Lipinski definition) is 1. The molecule has 9 heteroatoms. The summed E-state index contributed by atoms with van der Waals surface area (Å²) in [7, 11) is -3.61. The van der Waals surface area contributed by atoms with Gasteiger partial charge in [0.15, 0.2) is 0 Å². The number of rotatable bonds is 7. The molecule has 1 N–H and O–H groups in total. The van der Waals surface area contributed by atoms with Crippen molar-refractivity contribution in [3.8, 4) is 0 Å². The fraction of sp³-hybridized carbons (Fsp3) is 0.476. The second-order valence-electron chi connectivity index (χ2n) is 7.58. The minimum absolute atomic E-state index is 0.114. The molecule has 2 aliphatic rings. The third-order valence-corrected chi connectivity index (χ3v) is 9.48. The van der Waals surface area contributed by atoms with Crippen LogP contribution in [0.3, 0.4) is 0 Å². The lowest BCUT2D eigenvalue weighted by molar-refractivity contribution is 0.102. The van der Waals surface area contributed by atoms with E-state index in [4.69, 9.17) is 0 Å². The van der Waals surface area contributed by atoms with Crippen LogP contribution in [-0.2, 0) is 16.4 Å². The topological polar surface area (TPSA) is 69.7 Å². The molecular weight excluding hydrogens is 438 g/mol. The average Bonchev–Trinajstić information content (AvgIpc) is 3.47. The zero-order valence-electron chi connectivity index (χ0n) is 16.9. The summed E-state index contributed by atoms with van der Waals surface area (Å²) in [6, 6.07) is 9.38. The van der Waals surface area contributed by atoms with E-state index in [9.17, 15) is 13.2 Å². The monoisotopic (exact) mass is 465 g/mol. The lowest BCUT2D eigenvalue weighted by atomic mass is 10.1. The number of nitrogens with zero attached hydrogens (tertiary/aromatic N) is 2. The molecule has 0 bridgehead atoms. The van der Waals surface area contributed by atoms with Gasteiger partial charge in [-0.05, 0) is 48.4 Å². The Hall–Kier alpha value is -1.39. The van der Waals surface area contributed by atoms with Gasteiger partial charge in [0.05, 0.1) is 0 Å². The van der Waals surface area contributed by atoms with E-state index in [-0.39, 0.29) is 15.7 Å². The molecule has 0 saturated carbocycles. The molecule has 1 aromatic heterocycles. The lowest BCUT2D eigenvalue weighted by Gasteiger charge is -2.26. The molecule has 30 heavy (non-hydrogen) atoms. The third-order valence-electron chi connectivity index (χ3n) is 5.55. The van der Waals surface area contributed by atoms with Gasteiger partial charge in [0, 0.05) is 49.9 Å². The summed E-state index contributed by atoms with van der Waals surface area (Å²) >= 11 is 3.18. The zero-order valence-corrected chi connectivity index (χ0v) is 19.3. The maximum Gasteiger partial charge on any atom is 0.267 e. The van der Waals surface area contributed by atoms with Crippen molar-refractivity contribution in [2.45, 2.75) is 24.2 Å². The Morgan fingerprint density at radius 1 is 1.00 bits per heavy atom. The van der Waals surface area contributed by atoms with E-state index < -0.39 is 10.0 Å². The fourth-order valence-corrected chi connectivity index (χ4v) is 7.58. The van der Waals surface area contributed by atoms with Crippen molar-refractivity contribution in [3.63, 3.8) is 0 Å². The minimum atomic E-state index is -3.61. The Morgan fingerprint density at radius 2 is 1.70 bits per heavy atom. The quantitative estimate of drug-likeness (QED) is 0.679. The summed E-state index contributed by atoms with van der Waals surface area (Å²) in [5.41, 5.74) is 1.91. The maximum atomic E-state index is 12.9. The standard InChI is InChI=1S/C21H27N3O3S3/c25-21(20-19(8-14-29-20)30(26,27)24-9-1-2-10-24)22-18-5-3-17(4-6-18)7-11-23-12-15-28-16-13-23/h3-6,8,14H,1-2,7,9-13,15-16H2,(H,22,25). The molecule has 6 nitrogen and oxygen atoms in total. The van der Waals surface area contributed by atoms with Crippen molar-refractivity contribution in [3.05, 3.63) is 46.2 Å². The van der Waals surface area contributed by atoms with Crippen molar-refractivity contribution < 1.29 is 13.2 Å². The van der Waals surface area contributed by atoms with Crippen LogP contribution in [0.25, 0.3) is 0 Å². The van der Waals surface area contributed by atoms with E-state index in [1.807, 2.05) is 36.0 Å². The molecule has 2 saturated heterocycles. The van der Waals surface area contributed by atoms with E-state index >= 15 is 0 Å². The minimum Gasteiger partial charge on any atom is -0.321 e. The van der Waals surface area contributed by atoms with Crippen LogP contribution in [0.2, 0.25) is 0 Å². The van der Waals surface area contributed by atoms with Crippen LogP contribution >= 0.6 is 23.1 Å². The van der Waals surface area contributed by atoms with Crippen LogP contribution in [0.15, 0.2) is 40.6 Å². The number of carbonyl (C=O) groups is 1.